The molecular weight excluding hydrogens is 350 g/mol. The fraction of sp³-hybridized carbons (Fsp3) is 0.188. The molecule has 6 nitrogen and oxygen atoms in total. The molecule has 0 aliphatic carbocycles. The van der Waals surface area contributed by atoms with Gasteiger partial charge in [0.2, 0.25) is 10.0 Å². The molecule has 1 saturated heterocycles. The summed E-state index contributed by atoms with van der Waals surface area (Å²) < 4.78 is 25.2. The number of carbonyl (C=O) groups excluding carboxylic acids is 1. The third-order valence-corrected chi connectivity index (χ3v) is 5.70. The first-order chi connectivity index (χ1) is 11.4. The van der Waals surface area contributed by atoms with E-state index in [1.165, 1.54) is 4.31 Å². The third-order valence-electron chi connectivity index (χ3n) is 3.59. The van der Waals surface area contributed by atoms with Crippen molar-refractivity contribution in [3.63, 3.8) is 0 Å². The number of nitrogens with zero attached hydrogens (tertiary/aromatic N) is 1. The predicted molar refractivity (Wildman–Crippen MR) is 96.3 cm³/mol. The van der Waals surface area contributed by atoms with Gasteiger partial charge in [-0.3, -0.25) is 4.31 Å². The number of amides is 2. The van der Waals surface area contributed by atoms with Gasteiger partial charge in [0.1, 0.15) is 0 Å². The Hall–Kier alpha value is -2.25. The highest BCUT2D eigenvalue weighted by Gasteiger charge is 2.28. The zero-order valence-electron chi connectivity index (χ0n) is 12.7. The van der Waals surface area contributed by atoms with E-state index in [4.69, 9.17) is 11.6 Å². The summed E-state index contributed by atoms with van der Waals surface area (Å²) in [5, 5.41) is 5.89. The van der Waals surface area contributed by atoms with Crippen molar-refractivity contribution < 1.29 is 13.2 Å². The van der Waals surface area contributed by atoms with Crippen molar-refractivity contribution in [3.8, 4) is 0 Å². The van der Waals surface area contributed by atoms with Crippen molar-refractivity contribution in [3.05, 3.63) is 53.6 Å². The van der Waals surface area contributed by atoms with Crippen molar-refractivity contribution in [2.24, 2.45) is 0 Å². The number of halogens is 1. The number of nitrogens with one attached hydrogen (secondary N) is 2. The third kappa shape index (κ3) is 3.80. The van der Waals surface area contributed by atoms with E-state index in [-0.39, 0.29) is 5.75 Å². The molecule has 3 rings (SSSR count). The zero-order chi connectivity index (χ0) is 17.2. The van der Waals surface area contributed by atoms with Gasteiger partial charge in [0, 0.05) is 22.9 Å². The summed E-state index contributed by atoms with van der Waals surface area (Å²) >= 11 is 5.87. The van der Waals surface area contributed by atoms with Crippen LogP contribution in [0.3, 0.4) is 0 Å². The lowest BCUT2D eigenvalue weighted by molar-refractivity contribution is 0.262. The maximum Gasteiger partial charge on any atom is 0.323 e. The van der Waals surface area contributed by atoms with Gasteiger partial charge in [-0.1, -0.05) is 17.7 Å². The normalized spacial score (nSPS) is 16.0. The van der Waals surface area contributed by atoms with Crippen molar-refractivity contribution >= 4 is 44.7 Å². The van der Waals surface area contributed by atoms with Gasteiger partial charge in [-0.05, 0) is 48.9 Å². The minimum atomic E-state index is -3.20. The molecule has 0 aromatic heterocycles. The Morgan fingerprint density at radius 2 is 1.75 bits per heavy atom. The summed E-state index contributed by atoms with van der Waals surface area (Å²) in [6, 6.07) is 13.1. The van der Waals surface area contributed by atoms with Crippen molar-refractivity contribution in [1.29, 1.82) is 0 Å². The van der Waals surface area contributed by atoms with Crippen molar-refractivity contribution in [1.82, 2.24) is 0 Å². The summed E-state index contributed by atoms with van der Waals surface area (Å²) in [4.78, 5) is 12.0. The predicted octanol–water partition coefficient (Wildman–Crippen LogP) is 3.52. The molecule has 24 heavy (non-hydrogen) atoms. The van der Waals surface area contributed by atoms with Crippen LogP contribution < -0.4 is 14.9 Å². The van der Waals surface area contributed by atoms with Gasteiger partial charge >= 0.3 is 6.03 Å². The van der Waals surface area contributed by atoms with Crippen LogP contribution in [0.1, 0.15) is 6.42 Å². The zero-order valence-corrected chi connectivity index (χ0v) is 14.3. The molecule has 1 aliphatic rings. The van der Waals surface area contributed by atoms with Crippen LogP contribution in [0, 0.1) is 0 Å². The Bertz CT molecular complexity index is 853. The fourth-order valence-corrected chi connectivity index (χ4v) is 4.26. The van der Waals surface area contributed by atoms with E-state index in [2.05, 4.69) is 10.6 Å². The second kappa shape index (κ2) is 6.70. The largest absolute Gasteiger partial charge is 0.323 e. The summed E-state index contributed by atoms with van der Waals surface area (Å²) in [7, 11) is -3.20. The quantitative estimate of drug-likeness (QED) is 0.873. The van der Waals surface area contributed by atoms with Crippen molar-refractivity contribution in [2.75, 3.05) is 27.2 Å². The van der Waals surface area contributed by atoms with Gasteiger partial charge in [0.05, 0.1) is 11.4 Å². The van der Waals surface area contributed by atoms with E-state index in [0.29, 0.717) is 35.1 Å². The molecule has 2 aromatic carbocycles. The molecule has 0 saturated carbocycles. The average Bonchev–Trinajstić information content (AvgIpc) is 2.87. The van der Waals surface area contributed by atoms with E-state index in [9.17, 15) is 13.2 Å². The minimum absolute atomic E-state index is 0.176. The number of benzene rings is 2. The molecule has 2 N–H and O–H groups in total. The maximum absolute atomic E-state index is 12.0. The molecule has 0 atom stereocenters. The Morgan fingerprint density at radius 1 is 1.04 bits per heavy atom. The summed E-state index contributed by atoms with van der Waals surface area (Å²) in [5.41, 5.74) is 1.75. The van der Waals surface area contributed by atoms with E-state index in [1.807, 2.05) is 0 Å². The summed E-state index contributed by atoms with van der Waals surface area (Å²) in [6.07, 6.45) is 0.629. The fourth-order valence-electron chi connectivity index (χ4n) is 2.50. The van der Waals surface area contributed by atoms with Crippen LogP contribution in [0.25, 0.3) is 0 Å². The maximum atomic E-state index is 12.0. The average molecular weight is 366 g/mol. The number of urea groups is 1. The first kappa shape index (κ1) is 16.6. The van der Waals surface area contributed by atoms with Gasteiger partial charge in [-0.2, -0.15) is 0 Å². The first-order valence-electron chi connectivity index (χ1n) is 7.38. The Labute approximate surface area is 145 Å². The topological polar surface area (TPSA) is 78.5 Å². The van der Waals surface area contributed by atoms with Gasteiger partial charge in [0.15, 0.2) is 0 Å². The minimum Gasteiger partial charge on any atom is -0.308 e. The van der Waals surface area contributed by atoms with Gasteiger partial charge in [-0.15, -0.1) is 0 Å². The monoisotopic (exact) mass is 365 g/mol. The van der Waals surface area contributed by atoms with E-state index in [0.717, 1.165) is 0 Å². The highest BCUT2D eigenvalue weighted by molar-refractivity contribution is 7.93. The molecular formula is C16H16ClN3O3S. The molecule has 2 amide bonds. The van der Waals surface area contributed by atoms with Crippen LogP contribution in [-0.4, -0.2) is 26.7 Å². The lowest BCUT2D eigenvalue weighted by Crippen LogP contribution is -2.25. The van der Waals surface area contributed by atoms with Crippen LogP contribution in [0.4, 0.5) is 21.9 Å². The second-order valence-electron chi connectivity index (χ2n) is 5.38. The van der Waals surface area contributed by atoms with Crippen molar-refractivity contribution in [2.45, 2.75) is 6.42 Å². The molecule has 0 radical (unpaired) electrons. The number of anilines is 3. The van der Waals surface area contributed by atoms with Crippen LogP contribution in [0.15, 0.2) is 48.5 Å². The highest BCUT2D eigenvalue weighted by Crippen LogP contribution is 2.25. The molecule has 0 spiro atoms. The number of carbonyl (C=O) groups is 1. The molecule has 1 heterocycles. The molecule has 8 heteroatoms. The summed E-state index contributed by atoms with van der Waals surface area (Å²) in [6.45, 7) is 0.490. The number of hydrogen-bond donors (Lipinski definition) is 2. The van der Waals surface area contributed by atoms with Gasteiger partial charge in [-0.25, -0.2) is 13.2 Å². The number of rotatable bonds is 3. The Kier molecular flexibility index (Phi) is 4.64. The Morgan fingerprint density at radius 3 is 2.38 bits per heavy atom. The lowest BCUT2D eigenvalue weighted by atomic mass is 10.2. The molecule has 1 fully saturated rings. The standard InChI is InChI=1S/C16H16ClN3O3S/c17-12-3-1-4-14(11-12)19-16(21)18-13-5-7-15(8-6-13)20-9-2-10-24(20,22)23/h1,3-8,11H,2,9-10H2,(H2,18,19,21). The molecule has 0 unspecified atom stereocenters. The lowest BCUT2D eigenvalue weighted by Gasteiger charge is -2.17. The number of sulfonamides is 1. The second-order valence-corrected chi connectivity index (χ2v) is 7.83. The molecule has 126 valence electrons. The van der Waals surface area contributed by atoms with Crippen LogP contribution >= 0.6 is 11.6 Å². The van der Waals surface area contributed by atoms with Gasteiger partial charge < -0.3 is 10.6 Å². The summed E-state index contributed by atoms with van der Waals surface area (Å²) in [5.74, 6) is 0.176. The smallest absolute Gasteiger partial charge is 0.308 e. The molecule has 1 aliphatic heterocycles. The highest BCUT2D eigenvalue weighted by atomic mass is 35.5. The van der Waals surface area contributed by atoms with E-state index >= 15 is 0 Å². The van der Waals surface area contributed by atoms with E-state index in [1.54, 1.807) is 48.5 Å². The van der Waals surface area contributed by atoms with E-state index < -0.39 is 16.1 Å². The molecule has 0 bridgehead atoms. The van der Waals surface area contributed by atoms with Crippen LogP contribution in [-0.2, 0) is 10.0 Å². The molecule has 2 aromatic rings. The van der Waals surface area contributed by atoms with Crippen LogP contribution in [0.5, 0.6) is 0 Å². The first-order valence-corrected chi connectivity index (χ1v) is 9.37. The van der Waals surface area contributed by atoms with Gasteiger partial charge in [0.25, 0.3) is 0 Å². The number of hydrogen-bond acceptors (Lipinski definition) is 3. The Balaban J connectivity index is 1.65. The van der Waals surface area contributed by atoms with Crippen LogP contribution in [0.2, 0.25) is 5.02 Å². The SMILES string of the molecule is O=C(Nc1ccc(N2CCCS2(=O)=O)cc1)Nc1cccc(Cl)c1.